The minimum Gasteiger partial charge on any atom is -0.394 e. The van der Waals surface area contributed by atoms with Crippen LogP contribution < -0.4 is 11.5 Å². The number of rotatable bonds is 6. The molecule has 33 heavy (non-hydrogen) atoms. The van der Waals surface area contributed by atoms with Gasteiger partial charge in [0.2, 0.25) is 0 Å². The molecule has 3 aliphatic rings. The van der Waals surface area contributed by atoms with E-state index in [1.165, 1.54) is 0 Å². The maximum absolute atomic E-state index is 11.0. The third-order valence-corrected chi connectivity index (χ3v) is 6.89. The highest BCUT2D eigenvalue weighted by Crippen LogP contribution is 2.34. The predicted octanol–water partition coefficient (Wildman–Crippen LogP) is -4.53. The first-order chi connectivity index (χ1) is 15.5. The molecule has 0 radical (unpaired) electrons. The van der Waals surface area contributed by atoms with Crippen LogP contribution in [0.3, 0.4) is 0 Å². The minimum atomic E-state index is -1.55. The molecule has 0 amide bonds. The normalized spacial score (nSPS) is 53.7. The first-order valence-electron chi connectivity index (χ1n) is 11.3. The molecule has 0 aromatic carbocycles. The number of ether oxygens (including phenoxy) is 4. The Morgan fingerprint density at radius 1 is 0.758 bits per heavy atom. The summed E-state index contributed by atoms with van der Waals surface area (Å²) in [6.07, 6.45) is -14.3. The van der Waals surface area contributed by atoms with Crippen molar-refractivity contribution in [3.63, 3.8) is 0 Å². The summed E-state index contributed by atoms with van der Waals surface area (Å²) in [5.41, 5.74) is 12.0. The Morgan fingerprint density at radius 2 is 1.33 bits per heavy atom. The molecule has 194 valence electrons. The van der Waals surface area contributed by atoms with E-state index >= 15 is 0 Å². The molecule has 1 saturated carbocycles. The molecule has 2 saturated heterocycles. The lowest BCUT2D eigenvalue weighted by atomic mass is 9.80. The van der Waals surface area contributed by atoms with Crippen molar-refractivity contribution in [2.45, 2.75) is 112 Å². The van der Waals surface area contributed by atoms with E-state index in [9.17, 15) is 35.7 Å². The van der Waals surface area contributed by atoms with Crippen LogP contribution in [0.5, 0.6) is 0 Å². The molecule has 0 aromatic heterocycles. The van der Waals surface area contributed by atoms with Gasteiger partial charge in [-0.1, -0.05) is 13.8 Å². The van der Waals surface area contributed by atoms with Gasteiger partial charge >= 0.3 is 0 Å². The van der Waals surface area contributed by atoms with Crippen LogP contribution in [-0.4, -0.2) is 128 Å². The quantitative estimate of drug-likeness (QED) is 0.174. The third-order valence-electron chi connectivity index (χ3n) is 6.89. The first-order valence-corrected chi connectivity index (χ1v) is 11.3. The Kier molecular flexibility index (Phi) is 9.05. The maximum atomic E-state index is 11.0. The number of aliphatic hydroxyl groups is 7. The van der Waals surface area contributed by atoms with E-state index < -0.39 is 92.3 Å². The zero-order valence-corrected chi connectivity index (χ0v) is 18.7. The molecular weight excluding hydrogens is 444 g/mol. The van der Waals surface area contributed by atoms with Gasteiger partial charge in [0.15, 0.2) is 12.6 Å². The lowest BCUT2D eigenvalue weighted by molar-refractivity contribution is -0.336. The highest BCUT2D eigenvalue weighted by molar-refractivity contribution is 4.99. The molecule has 3 rings (SSSR count). The summed E-state index contributed by atoms with van der Waals surface area (Å²) in [6, 6.07) is -1.84. The highest BCUT2D eigenvalue weighted by atomic mass is 16.7. The zero-order chi connectivity index (χ0) is 24.6. The van der Waals surface area contributed by atoms with E-state index in [1.54, 1.807) is 13.8 Å². The van der Waals surface area contributed by atoms with Gasteiger partial charge in [-0.2, -0.15) is 0 Å². The molecule has 11 N–H and O–H groups in total. The van der Waals surface area contributed by atoms with Crippen LogP contribution in [0.2, 0.25) is 0 Å². The molecule has 1 aliphatic carbocycles. The van der Waals surface area contributed by atoms with Gasteiger partial charge < -0.3 is 66.2 Å². The zero-order valence-electron chi connectivity index (χ0n) is 18.7. The molecule has 15 atom stereocenters. The SMILES string of the molecule is CC[C@H]1O[C@H](OC2[C@@H](C)C[C@@H](N)[C@H](O[C@H]3O[C@H](CO)[C@@H](O)[C@H](N)[C@H]3O)[C@H]2O)[C@H](O)[C@@H](O)[C@@H]1O. The molecule has 2 heterocycles. The van der Waals surface area contributed by atoms with Crippen LogP contribution >= 0.6 is 0 Å². The fourth-order valence-electron chi connectivity index (χ4n) is 4.77. The third kappa shape index (κ3) is 5.35. The lowest BCUT2D eigenvalue weighted by Gasteiger charge is -2.48. The standard InChI is InChI=1S/C20H38N2O11/c1-3-8-12(25)14(27)15(28)20(30-8)32-17-6(2)4-7(21)18(16(17)29)33-19-13(26)10(22)11(24)9(5-23)31-19/h6-20,23-29H,3-5,21-22H2,1-2H3/t6-,7+,8+,9+,10-,11+,12+,13+,14-,15+,16-,17?,18-,19+,20+/m0/s1. The van der Waals surface area contributed by atoms with Crippen molar-refractivity contribution < 1.29 is 54.7 Å². The topological polar surface area (TPSA) is 231 Å². The van der Waals surface area contributed by atoms with Crippen LogP contribution in [0.25, 0.3) is 0 Å². The van der Waals surface area contributed by atoms with Gasteiger partial charge in [0, 0.05) is 6.04 Å². The second-order valence-corrected chi connectivity index (χ2v) is 9.28. The summed E-state index contributed by atoms with van der Waals surface area (Å²) in [5, 5.41) is 71.4. The van der Waals surface area contributed by atoms with Gasteiger partial charge in [0.05, 0.1) is 24.9 Å². The average molecular weight is 483 g/mol. The smallest absolute Gasteiger partial charge is 0.186 e. The number of nitrogens with two attached hydrogens (primary N) is 2. The molecule has 13 nitrogen and oxygen atoms in total. The van der Waals surface area contributed by atoms with Crippen LogP contribution in [0.4, 0.5) is 0 Å². The van der Waals surface area contributed by atoms with Crippen LogP contribution in [-0.2, 0) is 18.9 Å². The van der Waals surface area contributed by atoms with Crippen molar-refractivity contribution in [1.82, 2.24) is 0 Å². The number of hydrogen-bond donors (Lipinski definition) is 9. The molecule has 2 aliphatic heterocycles. The summed E-state index contributed by atoms with van der Waals surface area (Å²) in [4.78, 5) is 0. The maximum Gasteiger partial charge on any atom is 0.186 e. The van der Waals surface area contributed by atoms with Crippen LogP contribution in [0.1, 0.15) is 26.7 Å². The van der Waals surface area contributed by atoms with E-state index in [2.05, 4.69) is 0 Å². The monoisotopic (exact) mass is 482 g/mol. The van der Waals surface area contributed by atoms with Gasteiger partial charge in [-0.05, 0) is 18.8 Å². The van der Waals surface area contributed by atoms with Crippen molar-refractivity contribution >= 4 is 0 Å². The largest absolute Gasteiger partial charge is 0.394 e. The fraction of sp³-hybridized carbons (Fsp3) is 1.00. The Hall–Kier alpha value is -0.520. The Balaban J connectivity index is 1.72. The van der Waals surface area contributed by atoms with Gasteiger partial charge in [-0.3, -0.25) is 0 Å². The Labute approximate surface area is 191 Å². The number of aliphatic hydroxyl groups excluding tert-OH is 7. The number of hydrogen-bond acceptors (Lipinski definition) is 13. The molecule has 0 spiro atoms. The van der Waals surface area contributed by atoms with Crippen molar-refractivity contribution in [2.75, 3.05) is 6.61 Å². The minimum absolute atomic E-state index is 0.304. The highest BCUT2D eigenvalue weighted by Gasteiger charge is 2.51. The van der Waals surface area contributed by atoms with Crippen molar-refractivity contribution in [2.24, 2.45) is 17.4 Å². The summed E-state index contributed by atoms with van der Waals surface area (Å²) < 4.78 is 22.7. The fourth-order valence-corrected chi connectivity index (χ4v) is 4.77. The second kappa shape index (κ2) is 11.0. The Morgan fingerprint density at radius 3 is 1.94 bits per heavy atom. The molecule has 1 unspecified atom stereocenters. The van der Waals surface area contributed by atoms with E-state index in [4.69, 9.17) is 30.4 Å². The van der Waals surface area contributed by atoms with Gasteiger partial charge in [0.1, 0.15) is 48.8 Å². The Bertz CT molecular complexity index is 579. The van der Waals surface area contributed by atoms with Gasteiger partial charge in [0.25, 0.3) is 0 Å². The molecule has 13 heteroatoms. The molecule has 0 aromatic rings. The first kappa shape index (κ1) is 27.1. The van der Waals surface area contributed by atoms with Crippen LogP contribution in [0, 0.1) is 5.92 Å². The molecular formula is C20H38N2O11. The summed E-state index contributed by atoms with van der Waals surface area (Å²) in [5.74, 6) is -0.304. The summed E-state index contributed by atoms with van der Waals surface area (Å²) in [6.45, 7) is 2.96. The average Bonchev–Trinajstić information content (AvgIpc) is 2.79. The van der Waals surface area contributed by atoms with E-state index in [0.29, 0.717) is 12.8 Å². The van der Waals surface area contributed by atoms with E-state index in [0.717, 1.165) is 0 Å². The van der Waals surface area contributed by atoms with E-state index in [-0.39, 0.29) is 5.92 Å². The lowest BCUT2D eigenvalue weighted by Crippen LogP contribution is -2.66. The van der Waals surface area contributed by atoms with Gasteiger partial charge in [-0.25, -0.2) is 0 Å². The van der Waals surface area contributed by atoms with Crippen molar-refractivity contribution in [3.05, 3.63) is 0 Å². The second-order valence-electron chi connectivity index (χ2n) is 9.28. The van der Waals surface area contributed by atoms with E-state index in [1.807, 2.05) is 0 Å². The predicted molar refractivity (Wildman–Crippen MR) is 110 cm³/mol. The van der Waals surface area contributed by atoms with Crippen molar-refractivity contribution in [1.29, 1.82) is 0 Å². The summed E-state index contributed by atoms with van der Waals surface area (Å²) in [7, 11) is 0. The van der Waals surface area contributed by atoms with Crippen LogP contribution in [0.15, 0.2) is 0 Å². The molecule has 0 bridgehead atoms. The van der Waals surface area contributed by atoms with Crippen molar-refractivity contribution in [3.8, 4) is 0 Å². The molecule has 3 fully saturated rings. The van der Waals surface area contributed by atoms with Gasteiger partial charge in [-0.15, -0.1) is 0 Å². The summed E-state index contributed by atoms with van der Waals surface area (Å²) >= 11 is 0.